The zero-order valence-corrected chi connectivity index (χ0v) is 18.7. The minimum atomic E-state index is -3.64. The second-order valence-corrected chi connectivity index (χ2v) is 9.96. The molecule has 0 spiro atoms. The van der Waals surface area contributed by atoms with Gasteiger partial charge in [0.15, 0.2) is 0 Å². The molecule has 0 aliphatic carbocycles. The van der Waals surface area contributed by atoms with E-state index in [0.29, 0.717) is 18.7 Å². The third-order valence-electron chi connectivity index (χ3n) is 5.90. The summed E-state index contributed by atoms with van der Waals surface area (Å²) in [7, 11) is -2.00. The Morgan fingerprint density at radius 1 is 1.16 bits per heavy atom. The van der Waals surface area contributed by atoms with E-state index in [4.69, 9.17) is 4.74 Å². The Hall–Kier alpha value is -2.87. The molecule has 0 saturated carbocycles. The average Bonchev–Trinajstić information content (AvgIpc) is 3.35. The first-order chi connectivity index (χ1) is 14.8. The van der Waals surface area contributed by atoms with Gasteiger partial charge in [-0.15, -0.1) is 0 Å². The number of amides is 1. The quantitative estimate of drug-likeness (QED) is 0.773. The molecular formula is C23H27N3O4S. The number of hydrogen-bond acceptors (Lipinski definition) is 5. The van der Waals surface area contributed by atoms with Crippen molar-refractivity contribution in [2.24, 2.45) is 10.9 Å². The van der Waals surface area contributed by atoms with Gasteiger partial charge in [0.25, 0.3) is 10.0 Å². The summed E-state index contributed by atoms with van der Waals surface area (Å²) in [4.78, 5) is 20.0. The van der Waals surface area contributed by atoms with Crippen LogP contribution in [0.25, 0.3) is 0 Å². The van der Waals surface area contributed by atoms with Gasteiger partial charge in [-0.3, -0.25) is 14.5 Å². The SMILES string of the molecule is COc1ccc(C2CCN(C(=O)[C@@H](N=C3NS(=O)(=O)c4ccccc43)C(C)C)C2)cc1. The first kappa shape index (κ1) is 21.4. The molecule has 1 saturated heterocycles. The highest BCUT2D eigenvalue weighted by atomic mass is 32.2. The summed E-state index contributed by atoms with van der Waals surface area (Å²) in [5, 5.41) is 0. The summed E-state index contributed by atoms with van der Waals surface area (Å²) in [5.74, 6) is 1.18. The van der Waals surface area contributed by atoms with Gasteiger partial charge in [0.05, 0.1) is 12.0 Å². The molecule has 8 heteroatoms. The molecule has 1 N–H and O–H groups in total. The zero-order chi connectivity index (χ0) is 22.2. The number of nitrogens with one attached hydrogen (secondary N) is 1. The maximum atomic E-state index is 13.3. The Bertz CT molecular complexity index is 1110. The highest BCUT2D eigenvalue weighted by Crippen LogP contribution is 2.30. The number of likely N-dealkylation sites (tertiary alicyclic amines) is 1. The summed E-state index contributed by atoms with van der Waals surface area (Å²) in [5.41, 5.74) is 1.69. The lowest BCUT2D eigenvalue weighted by molar-refractivity contribution is -0.132. The van der Waals surface area contributed by atoms with Crippen LogP contribution in [0.5, 0.6) is 5.75 Å². The number of nitrogens with zero attached hydrogens (tertiary/aromatic N) is 2. The summed E-state index contributed by atoms with van der Waals surface area (Å²) >= 11 is 0. The Morgan fingerprint density at radius 3 is 2.55 bits per heavy atom. The van der Waals surface area contributed by atoms with Crippen molar-refractivity contribution in [1.82, 2.24) is 9.62 Å². The molecule has 31 heavy (non-hydrogen) atoms. The van der Waals surface area contributed by atoms with Crippen molar-refractivity contribution in [1.29, 1.82) is 0 Å². The van der Waals surface area contributed by atoms with Crippen LogP contribution < -0.4 is 9.46 Å². The van der Waals surface area contributed by atoms with Gasteiger partial charge in [-0.05, 0) is 42.2 Å². The topological polar surface area (TPSA) is 88.1 Å². The molecular weight excluding hydrogens is 414 g/mol. The molecule has 1 fully saturated rings. The van der Waals surface area contributed by atoms with Gasteiger partial charge in [-0.2, -0.15) is 0 Å². The predicted molar refractivity (Wildman–Crippen MR) is 119 cm³/mol. The van der Waals surface area contributed by atoms with Crippen LogP contribution in [0.3, 0.4) is 0 Å². The third-order valence-corrected chi connectivity index (χ3v) is 7.30. The van der Waals surface area contributed by atoms with Crippen molar-refractivity contribution < 1.29 is 17.9 Å². The largest absolute Gasteiger partial charge is 0.497 e. The number of sulfonamides is 1. The number of rotatable bonds is 5. The number of benzene rings is 2. The molecule has 2 aromatic carbocycles. The van der Waals surface area contributed by atoms with E-state index in [1.807, 2.05) is 43.0 Å². The van der Waals surface area contributed by atoms with Crippen LogP contribution >= 0.6 is 0 Å². The van der Waals surface area contributed by atoms with E-state index in [9.17, 15) is 13.2 Å². The van der Waals surface area contributed by atoms with Gasteiger partial charge in [0.1, 0.15) is 17.6 Å². The normalized spacial score (nSPS) is 21.7. The molecule has 1 unspecified atom stereocenters. The van der Waals surface area contributed by atoms with Gasteiger partial charge in [-0.25, -0.2) is 8.42 Å². The maximum Gasteiger partial charge on any atom is 0.263 e. The van der Waals surface area contributed by atoms with Crippen molar-refractivity contribution >= 4 is 21.8 Å². The number of fused-ring (bicyclic) bond motifs is 1. The number of hydrogen-bond donors (Lipinski definition) is 1. The third kappa shape index (κ3) is 4.17. The highest BCUT2D eigenvalue weighted by molar-refractivity contribution is 7.90. The van der Waals surface area contributed by atoms with Crippen molar-refractivity contribution in [2.75, 3.05) is 20.2 Å². The minimum absolute atomic E-state index is 0.0675. The van der Waals surface area contributed by atoms with Crippen molar-refractivity contribution in [2.45, 2.75) is 37.1 Å². The number of carbonyl (C=O) groups excluding carboxylic acids is 1. The fraction of sp³-hybridized carbons (Fsp3) is 0.391. The van der Waals surface area contributed by atoms with Crippen LogP contribution in [0.4, 0.5) is 0 Å². The van der Waals surface area contributed by atoms with E-state index in [0.717, 1.165) is 12.2 Å². The van der Waals surface area contributed by atoms with Crippen LogP contribution in [0.2, 0.25) is 0 Å². The van der Waals surface area contributed by atoms with Crippen LogP contribution in [-0.2, 0) is 14.8 Å². The van der Waals surface area contributed by atoms with Crippen LogP contribution in [0.15, 0.2) is 58.4 Å². The van der Waals surface area contributed by atoms with E-state index in [1.165, 1.54) is 5.56 Å². The summed E-state index contributed by atoms with van der Waals surface area (Å²) < 4.78 is 32.5. The molecule has 2 aromatic rings. The average molecular weight is 442 g/mol. The molecule has 2 aliphatic rings. The van der Waals surface area contributed by atoms with E-state index in [-0.39, 0.29) is 28.5 Å². The van der Waals surface area contributed by atoms with Crippen LogP contribution in [0, 0.1) is 5.92 Å². The lowest BCUT2D eigenvalue weighted by atomic mass is 9.98. The van der Waals surface area contributed by atoms with E-state index in [2.05, 4.69) is 9.71 Å². The fourth-order valence-corrected chi connectivity index (χ4v) is 5.39. The minimum Gasteiger partial charge on any atom is -0.497 e. The molecule has 4 rings (SSSR count). The molecule has 7 nitrogen and oxygen atoms in total. The Labute approximate surface area is 183 Å². The number of amidine groups is 1. The Morgan fingerprint density at radius 2 is 1.87 bits per heavy atom. The number of methoxy groups -OCH3 is 1. The smallest absolute Gasteiger partial charge is 0.263 e. The number of ether oxygens (including phenoxy) is 1. The standard InChI is InChI=1S/C23H27N3O4S/c1-15(2)21(24-22-19-6-4-5-7-20(19)31(28,29)25-22)23(27)26-13-12-17(14-26)16-8-10-18(30-3)11-9-16/h4-11,15,17,21H,12-14H2,1-3H3,(H,24,25)/t17?,21-/m0/s1. The lowest BCUT2D eigenvalue weighted by Gasteiger charge is -2.24. The molecule has 0 radical (unpaired) electrons. The number of aliphatic imine (C=N–C) groups is 1. The molecule has 0 bridgehead atoms. The van der Waals surface area contributed by atoms with Crippen LogP contribution in [0.1, 0.15) is 37.3 Å². The summed E-state index contributed by atoms with van der Waals surface area (Å²) in [6.45, 7) is 5.14. The predicted octanol–water partition coefficient (Wildman–Crippen LogP) is 2.77. The number of carbonyl (C=O) groups is 1. The first-order valence-corrected chi connectivity index (χ1v) is 11.9. The maximum absolute atomic E-state index is 13.3. The molecule has 0 aromatic heterocycles. The van der Waals surface area contributed by atoms with Gasteiger partial charge in [0, 0.05) is 24.6 Å². The lowest BCUT2D eigenvalue weighted by Crippen LogP contribution is -2.40. The van der Waals surface area contributed by atoms with E-state index >= 15 is 0 Å². The second-order valence-electron chi connectivity index (χ2n) is 8.31. The highest BCUT2D eigenvalue weighted by Gasteiger charge is 2.36. The molecule has 2 aliphatic heterocycles. The summed E-state index contributed by atoms with van der Waals surface area (Å²) in [6, 6.07) is 14.0. The molecule has 1 amide bonds. The first-order valence-electron chi connectivity index (χ1n) is 10.4. The molecule has 2 heterocycles. The summed E-state index contributed by atoms with van der Waals surface area (Å²) in [6.07, 6.45) is 0.884. The van der Waals surface area contributed by atoms with Gasteiger partial charge >= 0.3 is 0 Å². The monoisotopic (exact) mass is 441 g/mol. The second kappa shape index (κ2) is 8.34. The van der Waals surface area contributed by atoms with E-state index in [1.54, 1.807) is 31.4 Å². The van der Waals surface area contributed by atoms with Crippen molar-refractivity contribution in [3.63, 3.8) is 0 Å². The Kier molecular flexibility index (Phi) is 5.75. The fourth-order valence-electron chi connectivity index (χ4n) is 4.15. The van der Waals surface area contributed by atoms with Crippen molar-refractivity contribution in [3.05, 3.63) is 59.7 Å². The van der Waals surface area contributed by atoms with Crippen molar-refractivity contribution in [3.8, 4) is 5.75 Å². The van der Waals surface area contributed by atoms with Gasteiger partial charge in [0.2, 0.25) is 5.91 Å². The van der Waals surface area contributed by atoms with Gasteiger partial charge < -0.3 is 9.64 Å². The van der Waals surface area contributed by atoms with E-state index < -0.39 is 16.1 Å². The molecule has 2 atom stereocenters. The molecule has 164 valence electrons. The van der Waals surface area contributed by atoms with Gasteiger partial charge in [-0.1, -0.05) is 38.1 Å². The zero-order valence-electron chi connectivity index (χ0n) is 17.9. The Balaban J connectivity index is 1.54. The van der Waals surface area contributed by atoms with Crippen LogP contribution in [-0.4, -0.2) is 51.3 Å².